The van der Waals surface area contributed by atoms with Gasteiger partial charge >= 0.3 is 0 Å². The molecule has 0 fully saturated rings. The van der Waals surface area contributed by atoms with Crippen molar-refractivity contribution in [2.24, 2.45) is 0 Å². The number of nitrogens with one attached hydrogen (secondary N) is 1. The predicted molar refractivity (Wildman–Crippen MR) is 69.0 cm³/mol. The highest BCUT2D eigenvalue weighted by Gasteiger charge is 2.19. The van der Waals surface area contributed by atoms with Crippen LogP contribution in [0.25, 0.3) is 0 Å². The van der Waals surface area contributed by atoms with Crippen molar-refractivity contribution in [1.29, 1.82) is 0 Å². The van der Waals surface area contributed by atoms with Gasteiger partial charge in [-0.1, -0.05) is 29.9 Å². The zero-order valence-electron chi connectivity index (χ0n) is 9.72. The number of rotatable bonds is 3. The molecule has 2 aromatic rings. The molecule has 2 rings (SSSR count). The summed E-state index contributed by atoms with van der Waals surface area (Å²) in [5, 5.41) is 6.84. The zero-order valence-corrected chi connectivity index (χ0v) is 11.3. The summed E-state index contributed by atoms with van der Waals surface area (Å²) in [6.45, 7) is 3.91. The molecule has 1 N–H and O–H groups in total. The lowest BCUT2D eigenvalue weighted by atomic mass is 10.1. The maximum atomic E-state index is 12.0. The molecule has 0 atom stereocenters. The minimum Gasteiger partial charge on any atom is -0.304 e. The van der Waals surface area contributed by atoms with Gasteiger partial charge in [-0.15, -0.1) is 5.10 Å². The van der Waals surface area contributed by atoms with Crippen molar-refractivity contribution in [1.82, 2.24) is 19.6 Å². The fourth-order valence-electron chi connectivity index (χ4n) is 1.28. The van der Waals surface area contributed by atoms with E-state index < -0.39 is 0 Å². The van der Waals surface area contributed by atoms with E-state index in [2.05, 4.69) is 24.9 Å². The third-order valence-electron chi connectivity index (χ3n) is 2.13. The van der Waals surface area contributed by atoms with Crippen LogP contribution in [0.2, 0.25) is 5.15 Å². The van der Waals surface area contributed by atoms with Crippen LogP contribution in [0.5, 0.6) is 0 Å². The zero-order chi connectivity index (χ0) is 13.1. The van der Waals surface area contributed by atoms with E-state index in [0.29, 0.717) is 16.4 Å². The molecule has 0 bridgehead atoms. The number of anilines is 1. The maximum Gasteiger partial charge on any atom is 0.270 e. The smallest absolute Gasteiger partial charge is 0.270 e. The SMILES string of the molecule is CC(C)c1nnsc1C(=O)Nc1cnc(Cl)cn1. The Hall–Kier alpha value is -1.60. The molecule has 1 amide bonds. The number of aromatic nitrogens is 4. The molecule has 8 heteroatoms. The molecule has 0 aromatic carbocycles. The minimum atomic E-state index is -0.287. The van der Waals surface area contributed by atoms with E-state index in [1.807, 2.05) is 13.8 Å². The van der Waals surface area contributed by atoms with Crippen LogP contribution in [0.3, 0.4) is 0 Å². The first kappa shape index (κ1) is 12.8. The summed E-state index contributed by atoms with van der Waals surface area (Å²) < 4.78 is 3.79. The van der Waals surface area contributed by atoms with Crippen LogP contribution in [0, 0.1) is 0 Å². The third-order valence-corrected chi connectivity index (χ3v) is 3.06. The monoisotopic (exact) mass is 283 g/mol. The van der Waals surface area contributed by atoms with E-state index in [1.165, 1.54) is 12.4 Å². The van der Waals surface area contributed by atoms with Gasteiger partial charge in [0.1, 0.15) is 10.0 Å². The molecule has 2 aromatic heterocycles. The van der Waals surface area contributed by atoms with Crippen LogP contribution < -0.4 is 5.32 Å². The summed E-state index contributed by atoms with van der Waals surface area (Å²) in [7, 11) is 0. The van der Waals surface area contributed by atoms with Gasteiger partial charge in [0, 0.05) is 0 Å². The molecule has 0 aliphatic rings. The Balaban J connectivity index is 2.17. The summed E-state index contributed by atoms with van der Waals surface area (Å²) in [6.07, 6.45) is 2.76. The molecule has 0 saturated carbocycles. The molecular weight excluding hydrogens is 274 g/mol. The van der Waals surface area contributed by atoms with Crippen LogP contribution in [-0.2, 0) is 0 Å². The molecule has 0 aliphatic carbocycles. The summed E-state index contributed by atoms with van der Waals surface area (Å²) in [5.74, 6) is 0.193. The summed E-state index contributed by atoms with van der Waals surface area (Å²) >= 11 is 6.67. The van der Waals surface area contributed by atoms with Crippen molar-refractivity contribution in [3.8, 4) is 0 Å². The molecule has 18 heavy (non-hydrogen) atoms. The van der Waals surface area contributed by atoms with Crippen LogP contribution in [0.1, 0.15) is 35.1 Å². The topological polar surface area (TPSA) is 80.7 Å². The first-order chi connectivity index (χ1) is 8.58. The predicted octanol–water partition coefficient (Wildman–Crippen LogP) is 2.36. The van der Waals surface area contributed by atoms with Crippen LogP contribution in [0.4, 0.5) is 5.82 Å². The Labute approximate surface area is 113 Å². The Kier molecular flexibility index (Phi) is 3.83. The van der Waals surface area contributed by atoms with Crippen molar-refractivity contribution >= 4 is 34.9 Å². The lowest BCUT2D eigenvalue weighted by Crippen LogP contribution is -2.14. The van der Waals surface area contributed by atoms with Crippen molar-refractivity contribution in [3.05, 3.63) is 28.1 Å². The fourth-order valence-corrected chi connectivity index (χ4v) is 2.09. The Morgan fingerprint density at radius 2 is 2.17 bits per heavy atom. The van der Waals surface area contributed by atoms with Gasteiger partial charge in [0.15, 0.2) is 5.82 Å². The van der Waals surface area contributed by atoms with Gasteiger partial charge in [-0.3, -0.25) is 4.79 Å². The first-order valence-electron chi connectivity index (χ1n) is 5.19. The average Bonchev–Trinajstić information content (AvgIpc) is 2.81. The lowest BCUT2D eigenvalue weighted by Gasteiger charge is -2.04. The largest absolute Gasteiger partial charge is 0.304 e. The lowest BCUT2D eigenvalue weighted by molar-refractivity contribution is 0.102. The normalized spacial score (nSPS) is 10.7. The quantitative estimate of drug-likeness (QED) is 0.935. The second kappa shape index (κ2) is 5.36. The number of amides is 1. The maximum absolute atomic E-state index is 12.0. The highest BCUT2D eigenvalue weighted by atomic mass is 35.5. The van der Waals surface area contributed by atoms with Gasteiger partial charge in [0.2, 0.25) is 0 Å². The van der Waals surface area contributed by atoms with Crippen LogP contribution in [-0.4, -0.2) is 25.5 Å². The summed E-state index contributed by atoms with van der Waals surface area (Å²) in [6, 6.07) is 0. The van der Waals surface area contributed by atoms with E-state index in [0.717, 1.165) is 11.5 Å². The molecule has 0 unspecified atom stereocenters. The molecule has 0 spiro atoms. The van der Waals surface area contributed by atoms with Gasteiger partial charge in [-0.2, -0.15) is 0 Å². The molecular formula is C10H10ClN5OS. The molecule has 6 nitrogen and oxygen atoms in total. The van der Waals surface area contributed by atoms with E-state index in [9.17, 15) is 4.79 Å². The number of carbonyl (C=O) groups excluding carboxylic acids is 1. The summed E-state index contributed by atoms with van der Waals surface area (Å²) in [4.78, 5) is 20.3. The number of carbonyl (C=O) groups is 1. The van der Waals surface area contributed by atoms with Gasteiger partial charge in [-0.05, 0) is 17.5 Å². The standard InChI is InChI=1S/C10H10ClN5OS/c1-5(2)8-9(18-16-15-8)10(17)14-7-4-12-6(11)3-13-7/h3-5H,1-2H3,(H,13,14,17). The Morgan fingerprint density at radius 3 is 2.78 bits per heavy atom. The van der Waals surface area contributed by atoms with E-state index >= 15 is 0 Å². The minimum absolute atomic E-state index is 0.140. The molecule has 0 radical (unpaired) electrons. The van der Waals surface area contributed by atoms with Gasteiger partial charge in [0.05, 0.1) is 18.1 Å². The highest BCUT2D eigenvalue weighted by molar-refractivity contribution is 7.08. The first-order valence-corrected chi connectivity index (χ1v) is 6.34. The highest BCUT2D eigenvalue weighted by Crippen LogP contribution is 2.20. The van der Waals surface area contributed by atoms with Gasteiger partial charge in [-0.25, -0.2) is 9.97 Å². The fraction of sp³-hybridized carbons (Fsp3) is 0.300. The van der Waals surface area contributed by atoms with Crippen molar-refractivity contribution in [2.75, 3.05) is 5.32 Å². The van der Waals surface area contributed by atoms with Gasteiger partial charge in [0.25, 0.3) is 5.91 Å². The Bertz CT molecular complexity index is 554. The third kappa shape index (κ3) is 2.80. The van der Waals surface area contributed by atoms with E-state index in [-0.39, 0.29) is 17.0 Å². The second-order valence-corrected chi connectivity index (χ2v) is 4.96. The molecule has 2 heterocycles. The van der Waals surface area contributed by atoms with Crippen molar-refractivity contribution in [2.45, 2.75) is 19.8 Å². The van der Waals surface area contributed by atoms with Crippen LogP contribution >= 0.6 is 23.1 Å². The van der Waals surface area contributed by atoms with Gasteiger partial charge < -0.3 is 5.32 Å². The van der Waals surface area contributed by atoms with E-state index in [1.54, 1.807) is 0 Å². The number of halogens is 1. The number of nitrogens with zero attached hydrogens (tertiary/aromatic N) is 4. The van der Waals surface area contributed by atoms with E-state index in [4.69, 9.17) is 11.6 Å². The molecule has 0 aliphatic heterocycles. The second-order valence-electron chi connectivity index (χ2n) is 3.82. The number of hydrogen-bond acceptors (Lipinski definition) is 6. The van der Waals surface area contributed by atoms with Crippen molar-refractivity contribution in [3.63, 3.8) is 0 Å². The molecule has 0 saturated heterocycles. The molecule has 94 valence electrons. The Morgan fingerprint density at radius 1 is 1.39 bits per heavy atom. The van der Waals surface area contributed by atoms with Crippen LogP contribution in [0.15, 0.2) is 12.4 Å². The summed E-state index contributed by atoms with van der Waals surface area (Å²) in [5.41, 5.74) is 0.680. The van der Waals surface area contributed by atoms with Crippen molar-refractivity contribution < 1.29 is 4.79 Å². The number of hydrogen-bond donors (Lipinski definition) is 1. The average molecular weight is 284 g/mol.